The lowest BCUT2D eigenvalue weighted by atomic mass is 10.2. The number of thiazole rings is 1. The fraction of sp³-hybridized carbons (Fsp3) is 0.364. The molecule has 1 aliphatic heterocycles. The number of amides is 1. The highest BCUT2D eigenvalue weighted by atomic mass is 35.5. The number of aryl methyl sites for hydroxylation is 1. The standard InChI is InChI=1S/C22H25ClN4O3S2/c1-13-16(23)8-7-9-17(13)25-32(29,30)19-12-18(26(4)15(19)3)21-24-14(2)20(31-21)22(28)27-10-5-6-11-27/h7-9,12,25H,5-6,10-11H2,1-4H3. The summed E-state index contributed by atoms with van der Waals surface area (Å²) in [6.45, 7) is 6.87. The van der Waals surface area contributed by atoms with Crippen molar-refractivity contribution in [2.24, 2.45) is 7.05 Å². The number of benzene rings is 1. The van der Waals surface area contributed by atoms with Crippen molar-refractivity contribution in [3.8, 4) is 10.7 Å². The first-order valence-corrected chi connectivity index (χ1v) is 13.0. The summed E-state index contributed by atoms with van der Waals surface area (Å²) in [7, 11) is -2.05. The Hall–Kier alpha value is -2.36. The number of hydrogen-bond acceptors (Lipinski definition) is 5. The molecule has 1 fully saturated rings. The number of likely N-dealkylation sites (tertiary alicyclic amines) is 1. The Morgan fingerprint density at radius 1 is 1.19 bits per heavy atom. The molecular formula is C22H25ClN4O3S2. The van der Waals surface area contributed by atoms with Gasteiger partial charge in [0.1, 0.15) is 14.8 Å². The number of anilines is 1. The van der Waals surface area contributed by atoms with Crippen molar-refractivity contribution in [1.29, 1.82) is 0 Å². The van der Waals surface area contributed by atoms with Crippen molar-refractivity contribution in [1.82, 2.24) is 14.5 Å². The third-order valence-electron chi connectivity index (χ3n) is 5.89. The summed E-state index contributed by atoms with van der Waals surface area (Å²) < 4.78 is 30.8. The molecule has 0 atom stereocenters. The molecule has 7 nitrogen and oxygen atoms in total. The van der Waals surface area contributed by atoms with Crippen LogP contribution in [0.3, 0.4) is 0 Å². The topological polar surface area (TPSA) is 84.3 Å². The van der Waals surface area contributed by atoms with Gasteiger partial charge in [-0.3, -0.25) is 9.52 Å². The van der Waals surface area contributed by atoms with Crippen molar-refractivity contribution in [2.45, 2.75) is 38.5 Å². The SMILES string of the molecule is Cc1nc(-c2cc(S(=O)(=O)Nc3cccc(Cl)c3C)c(C)n2C)sc1C(=O)N1CCCC1. The average molecular weight is 493 g/mol. The normalized spacial score (nSPS) is 14.2. The second-order valence-corrected chi connectivity index (χ2v) is 11.0. The van der Waals surface area contributed by atoms with Gasteiger partial charge in [0.05, 0.1) is 17.1 Å². The lowest BCUT2D eigenvalue weighted by Crippen LogP contribution is -2.27. The molecule has 170 valence electrons. The largest absolute Gasteiger partial charge is 0.345 e. The molecule has 0 radical (unpaired) electrons. The van der Waals surface area contributed by atoms with Crippen LogP contribution in [0.15, 0.2) is 29.2 Å². The first-order valence-electron chi connectivity index (χ1n) is 10.3. The van der Waals surface area contributed by atoms with Crippen molar-refractivity contribution < 1.29 is 13.2 Å². The highest BCUT2D eigenvalue weighted by Gasteiger charge is 2.27. The van der Waals surface area contributed by atoms with Crippen LogP contribution in [0.25, 0.3) is 10.7 Å². The Kier molecular flexibility index (Phi) is 6.08. The van der Waals surface area contributed by atoms with Gasteiger partial charge in [-0.25, -0.2) is 13.4 Å². The molecule has 0 spiro atoms. The van der Waals surface area contributed by atoms with E-state index in [4.69, 9.17) is 11.6 Å². The Labute approximate surface area is 197 Å². The van der Waals surface area contributed by atoms with E-state index in [1.54, 1.807) is 49.7 Å². The van der Waals surface area contributed by atoms with E-state index in [2.05, 4.69) is 9.71 Å². The summed E-state index contributed by atoms with van der Waals surface area (Å²) in [6, 6.07) is 6.71. The van der Waals surface area contributed by atoms with Crippen LogP contribution in [0, 0.1) is 20.8 Å². The monoisotopic (exact) mass is 492 g/mol. The van der Waals surface area contributed by atoms with Crippen molar-refractivity contribution in [3.05, 3.63) is 51.1 Å². The molecule has 2 aromatic heterocycles. The quantitative estimate of drug-likeness (QED) is 0.556. The molecule has 1 N–H and O–H groups in total. The molecule has 1 saturated heterocycles. The van der Waals surface area contributed by atoms with Gasteiger partial charge in [-0.05, 0) is 57.4 Å². The number of hydrogen-bond donors (Lipinski definition) is 1. The number of rotatable bonds is 5. The molecule has 10 heteroatoms. The molecule has 32 heavy (non-hydrogen) atoms. The van der Waals surface area contributed by atoms with Crippen LogP contribution in [0.1, 0.15) is 39.5 Å². The number of nitrogens with one attached hydrogen (secondary N) is 1. The Morgan fingerprint density at radius 3 is 2.56 bits per heavy atom. The summed E-state index contributed by atoms with van der Waals surface area (Å²) in [5.41, 5.74) is 2.99. The lowest BCUT2D eigenvalue weighted by molar-refractivity contribution is 0.0796. The minimum Gasteiger partial charge on any atom is -0.345 e. The van der Waals surface area contributed by atoms with Crippen LogP contribution >= 0.6 is 22.9 Å². The molecule has 3 aromatic rings. The van der Waals surface area contributed by atoms with Crippen LogP contribution < -0.4 is 4.72 Å². The molecule has 0 bridgehead atoms. The van der Waals surface area contributed by atoms with Gasteiger partial charge in [-0.2, -0.15) is 0 Å². The summed E-state index contributed by atoms with van der Waals surface area (Å²) in [5, 5.41) is 1.11. The highest BCUT2D eigenvalue weighted by molar-refractivity contribution is 7.92. The zero-order valence-corrected chi connectivity index (χ0v) is 20.8. The number of halogens is 1. The molecular weight excluding hydrogens is 468 g/mol. The fourth-order valence-corrected chi connectivity index (χ4v) is 6.51. The van der Waals surface area contributed by atoms with Gasteiger partial charge in [0.25, 0.3) is 15.9 Å². The molecule has 1 amide bonds. The van der Waals surface area contributed by atoms with Crippen LogP contribution in [-0.4, -0.2) is 41.9 Å². The van der Waals surface area contributed by atoms with Gasteiger partial charge in [0, 0.05) is 30.9 Å². The molecule has 0 unspecified atom stereocenters. The van der Waals surface area contributed by atoms with E-state index in [0.717, 1.165) is 25.9 Å². The first-order chi connectivity index (χ1) is 15.1. The van der Waals surface area contributed by atoms with Crippen molar-refractivity contribution in [3.63, 3.8) is 0 Å². The summed E-state index contributed by atoms with van der Waals surface area (Å²) >= 11 is 7.45. The molecule has 0 saturated carbocycles. The maximum absolute atomic E-state index is 13.2. The van der Waals surface area contributed by atoms with Gasteiger partial charge >= 0.3 is 0 Å². The maximum Gasteiger partial charge on any atom is 0.265 e. The number of sulfonamides is 1. The van der Waals surface area contributed by atoms with Gasteiger partial charge in [-0.15, -0.1) is 11.3 Å². The first kappa shape index (κ1) is 22.8. The predicted octanol–water partition coefficient (Wildman–Crippen LogP) is 4.76. The van der Waals surface area contributed by atoms with E-state index in [-0.39, 0.29) is 10.8 Å². The number of nitrogens with zero attached hydrogens (tertiary/aromatic N) is 3. The van der Waals surface area contributed by atoms with Gasteiger partial charge in [0.2, 0.25) is 0 Å². The highest BCUT2D eigenvalue weighted by Crippen LogP contribution is 2.34. The molecule has 1 aliphatic rings. The third kappa shape index (κ3) is 4.04. The Morgan fingerprint density at radius 2 is 1.88 bits per heavy atom. The van der Waals surface area contributed by atoms with Gasteiger partial charge in [0.15, 0.2) is 0 Å². The maximum atomic E-state index is 13.2. The number of carbonyl (C=O) groups is 1. The zero-order chi connectivity index (χ0) is 23.2. The smallest absolute Gasteiger partial charge is 0.265 e. The third-order valence-corrected chi connectivity index (χ3v) is 8.95. The van der Waals surface area contributed by atoms with Crippen LogP contribution in [0.5, 0.6) is 0 Å². The van der Waals surface area contributed by atoms with E-state index in [9.17, 15) is 13.2 Å². The van der Waals surface area contributed by atoms with Crippen LogP contribution in [0.2, 0.25) is 5.02 Å². The van der Waals surface area contributed by atoms with Gasteiger partial charge < -0.3 is 9.47 Å². The Bertz CT molecular complexity index is 1300. The molecule has 4 rings (SSSR count). The minimum absolute atomic E-state index is 0.000578. The predicted molar refractivity (Wildman–Crippen MR) is 128 cm³/mol. The van der Waals surface area contributed by atoms with Crippen LogP contribution in [0.4, 0.5) is 5.69 Å². The summed E-state index contributed by atoms with van der Waals surface area (Å²) in [6.07, 6.45) is 2.04. The molecule has 0 aliphatic carbocycles. The summed E-state index contributed by atoms with van der Waals surface area (Å²) in [4.78, 5) is 20.1. The van der Waals surface area contributed by atoms with Crippen LogP contribution in [-0.2, 0) is 17.1 Å². The van der Waals surface area contributed by atoms with E-state index >= 15 is 0 Å². The number of aromatic nitrogens is 2. The van der Waals surface area contributed by atoms with Gasteiger partial charge in [-0.1, -0.05) is 17.7 Å². The second-order valence-electron chi connectivity index (χ2n) is 7.99. The van der Waals surface area contributed by atoms with E-state index < -0.39 is 10.0 Å². The zero-order valence-electron chi connectivity index (χ0n) is 18.4. The van der Waals surface area contributed by atoms with E-state index in [0.29, 0.717) is 43.2 Å². The van der Waals surface area contributed by atoms with E-state index in [1.807, 2.05) is 11.8 Å². The lowest BCUT2D eigenvalue weighted by Gasteiger charge is -2.13. The molecule has 1 aromatic carbocycles. The van der Waals surface area contributed by atoms with Crippen molar-refractivity contribution in [2.75, 3.05) is 17.8 Å². The molecule has 3 heterocycles. The average Bonchev–Trinajstić information content (AvgIpc) is 3.46. The minimum atomic E-state index is -3.85. The van der Waals surface area contributed by atoms with E-state index in [1.165, 1.54) is 11.3 Å². The second kappa shape index (κ2) is 8.53. The Balaban J connectivity index is 1.69. The fourth-order valence-electron chi connectivity index (χ4n) is 3.83. The summed E-state index contributed by atoms with van der Waals surface area (Å²) in [5.74, 6) is 0.000578. The number of carbonyl (C=O) groups excluding carboxylic acids is 1. The van der Waals surface area contributed by atoms with Crippen molar-refractivity contribution >= 4 is 44.6 Å².